The zero-order valence-electron chi connectivity index (χ0n) is 10.8. The van der Waals surface area contributed by atoms with Crippen molar-refractivity contribution in [1.29, 1.82) is 0 Å². The van der Waals surface area contributed by atoms with Crippen LogP contribution in [-0.4, -0.2) is 16.5 Å². The van der Waals surface area contributed by atoms with Gasteiger partial charge in [-0.2, -0.15) is 0 Å². The smallest absolute Gasteiger partial charge is 0.147 e. The first-order chi connectivity index (χ1) is 8.25. The monoisotopic (exact) mass is 231 g/mol. The van der Waals surface area contributed by atoms with E-state index in [4.69, 9.17) is 0 Å². The Morgan fingerprint density at radius 2 is 2.18 bits per heavy atom. The number of hydrogen-bond acceptors (Lipinski definition) is 3. The van der Waals surface area contributed by atoms with E-state index in [0.29, 0.717) is 0 Å². The van der Waals surface area contributed by atoms with Crippen LogP contribution in [0, 0.1) is 13.8 Å². The van der Waals surface area contributed by atoms with Crippen LogP contribution in [0.25, 0.3) is 0 Å². The zero-order valence-corrected chi connectivity index (χ0v) is 10.8. The molecule has 0 amide bonds. The third-order valence-electron chi connectivity index (χ3n) is 3.20. The fraction of sp³-hybridized carbons (Fsp3) is 0.571. The van der Waals surface area contributed by atoms with Crippen LogP contribution in [0.4, 0.5) is 5.82 Å². The molecule has 3 heteroatoms. The van der Waals surface area contributed by atoms with E-state index in [1.54, 1.807) is 5.57 Å². The fourth-order valence-electron chi connectivity index (χ4n) is 2.18. The van der Waals surface area contributed by atoms with E-state index in [2.05, 4.69) is 21.4 Å². The van der Waals surface area contributed by atoms with E-state index < -0.39 is 0 Å². The number of rotatable bonds is 4. The van der Waals surface area contributed by atoms with Crippen molar-refractivity contribution in [2.45, 2.75) is 46.0 Å². The molecule has 1 heterocycles. The topological polar surface area (TPSA) is 37.8 Å². The summed E-state index contributed by atoms with van der Waals surface area (Å²) in [7, 11) is 0. The van der Waals surface area contributed by atoms with Crippen molar-refractivity contribution in [3.05, 3.63) is 29.2 Å². The van der Waals surface area contributed by atoms with Gasteiger partial charge < -0.3 is 5.32 Å². The van der Waals surface area contributed by atoms with Gasteiger partial charge in [0.25, 0.3) is 0 Å². The van der Waals surface area contributed by atoms with Crippen LogP contribution >= 0.6 is 0 Å². The van der Waals surface area contributed by atoms with E-state index in [1.807, 2.05) is 20.0 Å². The maximum atomic E-state index is 4.46. The molecule has 0 spiro atoms. The van der Waals surface area contributed by atoms with Gasteiger partial charge in [0.1, 0.15) is 5.82 Å². The first-order valence-electron chi connectivity index (χ1n) is 6.48. The summed E-state index contributed by atoms with van der Waals surface area (Å²) in [5, 5.41) is 3.39. The summed E-state index contributed by atoms with van der Waals surface area (Å²) in [5.41, 5.74) is 3.55. The van der Waals surface area contributed by atoms with Gasteiger partial charge in [-0.15, -0.1) is 0 Å². The number of aromatic nitrogens is 2. The molecule has 1 aliphatic rings. The molecule has 0 radical (unpaired) electrons. The molecule has 3 nitrogen and oxygen atoms in total. The summed E-state index contributed by atoms with van der Waals surface area (Å²) in [6.45, 7) is 4.93. The van der Waals surface area contributed by atoms with Crippen LogP contribution in [-0.2, 0) is 0 Å². The van der Waals surface area contributed by atoms with Gasteiger partial charge in [0, 0.05) is 12.7 Å². The number of allylic oxidation sites excluding steroid dienone is 1. The molecule has 0 bridgehead atoms. The Hall–Kier alpha value is -1.38. The lowest BCUT2D eigenvalue weighted by molar-refractivity contribution is 0.679. The molecular formula is C14H21N3. The Kier molecular flexibility index (Phi) is 4.13. The highest BCUT2D eigenvalue weighted by Gasteiger charge is 2.04. The number of nitrogens with one attached hydrogen (secondary N) is 1. The minimum atomic E-state index is 0.932. The zero-order chi connectivity index (χ0) is 12.1. The van der Waals surface area contributed by atoms with Gasteiger partial charge >= 0.3 is 0 Å². The second kappa shape index (κ2) is 5.80. The van der Waals surface area contributed by atoms with Crippen molar-refractivity contribution < 1.29 is 0 Å². The first kappa shape index (κ1) is 12.1. The fourth-order valence-corrected chi connectivity index (χ4v) is 2.18. The third-order valence-corrected chi connectivity index (χ3v) is 3.20. The molecule has 1 aromatic heterocycles. The highest BCUT2D eigenvalue weighted by molar-refractivity contribution is 5.39. The SMILES string of the molecule is Cc1cnc(C)c(NCCC2=CCCCC2)n1. The average Bonchev–Trinajstić information content (AvgIpc) is 2.35. The molecule has 0 saturated heterocycles. The normalized spacial score (nSPS) is 15.5. The van der Waals surface area contributed by atoms with E-state index in [1.165, 1.54) is 25.7 Å². The van der Waals surface area contributed by atoms with Gasteiger partial charge in [-0.1, -0.05) is 11.6 Å². The Morgan fingerprint density at radius 3 is 2.94 bits per heavy atom. The van der Waals surface area contributed by atoms with E-state index >= 15 is 0 Å². The minimum absolute atomic E-state index is 0.932. The van der Waals surface area contributed by atoms with Gasteiger partial charge in [-0.05, 0) is 46.0 Å². The van der Waals surface area contributed by atoms with Crippen molar-refractivity contribution in [2.75, 3.05) is 11.9 Å². The van der Waals surface area contributed by atoms with Gasteiger partial charge in [0.15, 0.2) is 0 Å². The molecule has 92 valence electrons. The predicted molar refractivity (Wildman–Crippen MR) is 71.2 cm³/mol. The quantitative estimate of drug-likeness (QED) is 0.807. The molecule has 0 fully saturated rings. The molecule has 1 N–H and O–H groups in total. The van der Waals surface area contributed by atoms with Crippen molar-refractivity contribution >= 4 is 5.82 Å². The molecule has 0 saturated carbocycles. The largest absolute Gasteiger partial charge is 0.368 e. The Morgan fingerprint density at radius 1 is 1.29 bits per heavy atom. The van der Waals surface area contributed by atoms with Crippen LogP contribution < -0.4 is 5.32 Å². The highest BCUT2D eigenvalue weighted by atomic mass is 15.0. The van der Waals surface area contributed by atoms with Crippen molar-refractivity contribution in [3.8, 4) is 0 Å². The standard InChI is InChI=1S/C14H21N3/c1-11-10-16-12(2)14(17-11)15-9-8-13-6-4-3-5-7-13/h6,10H,3-5,7-9H2,1-2H3,(H,15,17). The lowest BCUT2D eigenvalue weighted by Crippen LogP contribution is -2.08. The van der Waals surface area contributed by atoms with Crippen LogP contribution in [0.5, 0.6) is 0 Å². The molecule has 1 aliphatic carbocycles. The lowest BCUT2D eigenvalue weighted by atomic mass is 9.97. The van der Waals surface area contributed by atoms with E-state index in [0.717, 1.165) is 30.2 Å². The third kappa shape index (κ3) is 3.55. The number of anilines is 1. The van der Waals surface area contributed by atoms with E-state index in [9.17, 15) is 0 Å². The maximum Gasteiger partial charge on any atom is 0.147 e. The van der Waals surface area contributed by atoms with Crippen molar-refractivity contribution in [2.24, 2.45) is 0 Å². The second-order valence-corrected chi connectivity index (χ2v) is 4.73. The van der Waals surface area contributed by atoms with Crippen LogP contribution in [0.3, 0.4) is 0 Å². The van der Waals surface area contributed by atoms with Gasteiger partial charge in [0.05, 0.1) is 11.4 Å². The molecule has 0 aromatic carbocycles. The summed E-state index contributed by atoms with van der Waals surface area (Å²) in [5.74, 6) is 0.932. The van der Waals surface area contributed by atoms with Crippen LogP contribution in [0.2, 0.25) is 0 Å². The van der Waals surface area contributed by atoms with Crippen LogP contribution in [0.15, 0.2) is 17.8 Å². The Balaban J connectivity index is 1.85. The second-order valence-electron chi connectivity index (χ2n) is 4.73. The summed E-state index contributed by atoms with van der Waals surface area (Å²) in [4.78, 5) is 8.77. The minimum Gasteiger partial charge on any atom is -0.368 e. The summed E-state index contributed by atoms with van der Waals surface area (Å²) < 4.78 is 0. The van der Waals surface area contributed by atoms with Gasteiger partial charge in [-0.25, -0.2) is 4.98 Å². The molecule has 2 rings (SSSR count). The molecule has 1 aromatic rings. The maximum absolute atomic E-state index is 4.46. The molecular weight excluding hydrogens is 210 g/mol. The average molecular weight is 231 g/mol. The Labute approximate surface area is 103 Å². The molecule has 17 heavy (non-hydrogen) atoms. The Bertz CT molecular complexity index is 410. The molecule has 0 unspecified atom stereocenters. The predicted octanol–water partition coefficient (Wildman–Crippen LogP) is 3.40. The lowest BCUT2D eigenvalue weighted by Gasteiger charge is -2.13. The van der Waals surface area contributed by atoms with Crippen molar-refractivity contribution in [1.82, 2.24) is 9.97 Å². The number of nitrogens with zero attached hydrogens (tertiary/aromatic N) is 2. The van der Waals surface area contributed by atoms with Crippen molar-refractivity contribution in [3.63, 3.8) is 0 Å². The first-order valence-corrected chi connectivity index (χ1v) is 6.48. The summed E-state index contributed by atoms with van der Waals surface area (Å²) in [6, 6.07) is 0. The van der Waals surface area contributed by atoms with Gasteiger partial charge in [-0.3, -0.25) is 4.98 Å². The number of hydrogen-bond donors (Lipinski definition) is 1. The summed E-state index contributed by atoms with van der Waals surface area (Å²) in [6.07, 6.45) is 10.6. The molecule has 0 atom stereocenters. The highest BCUT2D eigenvalue weighted by Crippen LogP contribution is 2.20. The number of aryl methyl sites for hydroxylation is 2. The van der Waals surface area contributed by atoms with Gasteiger partial charge in [0.2, 0.25) is 0 Å². The summed E-state index contributed by atoms with van der Waals surface area (Å²) >= 11 is 0. The molecule has 0 aliphatic heterocycles. The van der Waals surface area contributed by atoms with E-state index in [-0.39, 0.29) is 0 Å². The van der Waals surface area contributed by atoms with Crippen LogP contribution in [0.1, 0.15) is 43.5 Å².